The van der Waals surface area contributed by atoms with Crippen molar-refractivity contribution in [2.45, 2.75) is 57.7 Å². The fraction of sp³-hybridized carbons (Fsp3) is 0.531. The number of carboxylic acid groups (broad SMARTS) is 1. The lowest BCUT2D eigenvalue weighted by Crippen LogP contribution is -2.75. The quantitative estimate of drug-likeness (QED) is 0.445. The minimum Gasteiger partial charge on any atom is -0.478 e. The van der Waals surface area contributed by atoms with E-state index in [0.717, 1.165) is 48.0 Å². The lowest BCUT2D eigenvalue weighted by Gasteiger charge is -2.60. The maximum Gasteiger partial charge on any atom is 0.407 e. The van der Waals surface area contributed by atoms with Crippen molar-refractivity contribution < 1.29 is 24.2 Å². The minimum atomic E-state index is -1.06. The van der Waals surface area contributed by atoms with Crippen LogP contribution in [-0.2, 0) is 16.1 Å². The van der Waals surface area contributed by atoms with E-state index in [4.69, 9.17) is 9.84 Å². The third kappa shape index (κ3) is 5.96. The minimum absolute atomic E-state index is 0.0558. The third-order valence-corrected chi connectivity index (χ3v) is 9.57. The van der Waals surface area contributed by atoms with Crippen LogP contribution in [0.2, 0.25) is 0 Å². The Hall–Kier alpha value is -3.27. The molecule has 224 valence electrons. The monoisotopic (exact) mass is 638 g/mol. The van der Waals surface area contributed by atoms with E-state index < -0.39 is 11.7 Å². The lowest BCUT2D eigenvalue weighted by molar-refractivity contribution is -0.168. The molecular formula is C32H39BrN4O5. The van der Waals surface area contributed by atoms with Gasteiger partial charge < -0.3 is 29.4 Å². The van der Waals surface area contributed by atoms with Crippen LogP contribution in [0.1, 0.15) is 45.1 Å². The van der Waals surface area contributed by atoms with Gasteiger partial charge in [-0.3, -0.25) is 9.59 Å². The molecule has 10 heteroatoms. The van der Waals surface area contributed by atoms with Crippen molar-refractivity contribution in [2.75, 3.05) is 44.2 Å². The molecule has 2 aromatic carbocycles. The van der Waals surface area contributed by atoms with Gasteiger partial charge >= 0.3 is 6.09 Å². The average molecular weight is 640 g/mol. The summed E-state index contributed by atoms with van der Waals surface area (Å²) in [6, 6.07) is 16.4. The summed E-state index contributed by atoms with van der Waals surface area (Å²) in [5.41, 5.74) is 0.982. The Balaban J connectivity index is 1.07. The number of hydrogen-bond acceptors (Lipinski definition) is 5. The van der Waals surface area contributed by atoms with Gasteiger partial charge in [0.25, 0.3) is 5.91 Å². The number of carbonyl (C=O) groups is 3. The summed E-state index contributed by atoms with van der Waals surface area (Å²) in [6.45, 7) is 7.84. The molecule has 0 unspecified atom stereocenters. The van der Waals surface area contributed by atoms with Gasteiger partial charge in [-0.2, -0.15) is 0 Å². The number of rotatable bonds is 8. The van der Waals surface area contributed by atoms with Crippen LogP contribution in [0.3, 0.4) is 0 Å². The van der Waals surface area contributed by atoms with Gasteiger partial charge in [0, 0.05) is 73.5 Å². The largest absolute Gasteiger partial charge is 0.478 e. The molecule has 9 nitrogen and oxygen atoms in total. The van der Waals surface area contributed by atoms with Gasteiger partial charge in [-0.1, -0.05) is 34.1 Å². The first kappa shape index (κ1) is 28.8. The van der Waals surface area contributed by atoms with Crippen LogP contribution in [0.5, 0.6) is 5.75 Å². The Bertz CT molecular complexity index is 1350. The van der Waals surface area contributed by atoms with E-state index in [-0.39, 0.29) is 23.1 Å². The Morgan fingerprint density at radius 1 is 1.02 bits per heavy atom. The highest BCUT2D eigenvalue weighted by Crippen LogP contribution is 2.41. The van der Waals surface area contributed by atoms with Crippen molar-refractivity contribution in [1.82, 2.24) is 14.7 Å². The fourth-order valence-corrected chi connectivity index (χ4v) is 6.94. The second-order valence-corrected chi connectivity index (χ2v) is 13.9. The molecule has 3 heterocycles. The molecule has 6 rings (SSSR count). The zero-order chi connectivity index (χ0) is 29.6. The Kier molecular flexibility index (Phi) is 7.62. The van der Waals surface area contributed by atoms with Gasteiger partial charge in [-0.25, -0.2) is 4.79 Å². The molecule has 0 aromatic heterocycles. The number of anilines is 1. The summed E-state index contributed by atoms with van der Waals surface area (Å²) in [5, 5.41) is 9.12. The molecule has 3 saturated heterocycles. The number of piperidine rings is 1. The number of ether oxygens (including phenoxy) is 1. The highest BCUT2D eigenvalue weighted by atomic mass is 79.9. The molecule has 0 bridgehead atoms. The van der Waals surface area contributed by atoms with Gasteiger partial charge in [0.1, 0.15) is 5.75 Å². The van der Waals surface area contributed by atoms with Crippen molar-refractivity contribution in [2.24, 2.45) is 11.3 Å². The maximum atomic E-state index is 13.8. The normalized spacial score (nSPS) is 21.4. The van der Waals surface area contributed by atoms with Crippen LogP contribution in [-0.4, -0.2) is 88.6 Å². The number of amides is 3. The zero-order valence-corrected chi connectivity index (χ0v) is 25.9. The predicted molar refractivity (Wildman–Crippen MR) is 162 cm³/mol. The van der Waals surface area contributed by atoms with E-state index in [1.165, 1.54) is 4.90 Å². The molecule has 4 fully saturated rings. The topological polar surface area (TPSA) is 93.6 Å². The van der Waals surface area contributed by atoms with Crippen LogP contribution in [0.25, 0.3) is 0 Å². The first-order valence-electron chi connectivity index (χ1n) is 14.9. The highest BCUT2D eigenvalue weighted by molar-refractivity contribution is 9.10. The average Bonchev–Trinajstić information content (AvgIpc) is 3.76. The molecule has 3 aliphatic heterocycles. The number of nitrogens with zero attached hydrogens (tertiary/aromatic N) is 4. The lowest BCUT2D eigenvalue weighted by atomic mass is 9.72. The summed E-state index contributed by atoms with van der Waals surface area (Å²) in [4.78, 5) is 45.7. The van der Waals surface area contributed by atoms with Crippen molar-refractivity contribution in [3.8, 4) is 5.75 Å². The molecule has 1 saturated carbocycles. The van der Waals surface area contributed by atoms with Crippen molar-refractivity contribution in [3.63, 3.8) is 0 Å². The van der Waals surface area contributed by atoms with E-state index in [1.807, 2.05) is 36.4 Å². The first-order chi connectivity index (χ1) is 20.0. The predicted octanol–water partition coefficient (Wildman–Crippen LogP) is 4.84. The fourth-order valence-electron chi connectivity index (χ4n) is 6.68. The van der Waals surface area contributed by atoms with Crippen LogP contribution in [0, 0.1) is 11.3 Å². The van der Waals surface area contributed by atoms with Crippen molar-refractivity contribution in [1.29, 1.82) is 0 Å². The van der Waals surface area contributed by atoms with Gasteiger partial charge in [0.05, 0.1) is 5.92 Å². The number of likely N-dealkylation sites (tertiary alicyclic amines) is 2. The van der Waals surface area contributed by atoms with Crippen LogP contribution in [0.15, 0.2) is 53.0 Å². The number of carbonyl (C=O) groups excluding carboxylic acids is 2. The molecule has 1 spiro atoms. The number of benzene rings is 2. The molecule has 1 aliphatic carbocycles. The maximum absolute atomic E-state index is 13.8. The Morgan fingerprint density at radius 3 is 2.38 bits per heavy atom. The summed E-state index contributed by atoms with van der Waals surface area (Å²) in [5.74, 6) is 0.709. The number of hydrogen-bond donors (Lipinski definition) is 1. The molecule has 42 heavy (non-hydrogen) atoms. The van der Waals surface area contributed by atoms with Gasteiger partial charge in [0.15, 0.2) is 5.60 Å². The molecular weight excluding hydrogens is 600 g/mol. The smallest absolute Gasteiger partial charge is 0.407 e. The highest BCUT2D eigenvalue weighted by Gasteiger charge is 2.56. The summed E-state index contributed by atoms with van der Waals surface area (Å²) < 4.78 is 7.29. The molecule has 1 atom stereocenters. The molecule has 1 N–H and O–H groups in total. The Morgan fingerprint density at radius 2 is 1.71 bits per heavy atom. The summed E-state index contributed by atoms with van der Waals surface area (Å²) in [6.07, 6.45) is 3.08. The van der Waals surface area contributed by atoms with Gasteiger partial charge in [0.2, 0.25) is 5.91 Å². The molecule has 4 aliphatic rings. The van der Waals surface area contributed by atoms with Gasteiger partial charge in [-0.05, 0) is 69.4 Å². The standard InChI is InChI=1S/C32H39BrN4O5/c1-31(2,29(39)35-18-32(19-35)20-36(21-32)30(40)41)42-27-7-3-6-26(15-27)34-14-4-5-23(17-34)28(38)37(25-12-13-25)16-22-8-10-24(33)11-9-22/h3,6-11,15,23,25H,4-5,12-14,16-21H2,1-2H3,(H,40,41)/t23-/m1/s1. The SMILES string of the molecule is CC(C)(Oc1cccc(N2CCC[C@@H](C(=O)N(Cc3ccc(Br)cc3)C3CC3)C2)c1)C(=O)N1CC2(CN(C(=O)O)C2)C1. The second kappa shape index (κ2) is 11.1. The number of halogens is 1. The zero-order valence-electron chi connectivity index (χ0n) is 24.3. The molecule has 3 amide bonds. The third-order valence-electron chi connectivity index (χ3n) is 9.04. The van der Waals surface area contributed by atoms with E-state index in [1.54, 1.807) is 18.7 Å². The van der Waals surface area contributed by atoms with E-state index >= 15 is 0 Å². The summed E-state index contributed by atoms with van der Waals surface area (Å²) in [7, 11) is 0. The van der Waals surface area contributed by atoms with Crippen LogP contribution < -0.4 is 9.64 Å². The Labute approximate surface area is 255 Å². The van der Waals surface area contributed by atoms with Crippen molar-refractivity contribution in [3.05, 3.63) is 58.6 Å². The van der Waals surface area contributed by atoms with E-state index in [9.17, 15) is 14.4 Å². The second-order valence-electron chi connectivity index (χ2n) is 13.0. The van der Waals surface area contributed by atoms with Crippen molar-refractivity contribution >= 4 is 39.5 Å². The first-order valence-corrected chi connectivity index (χ1v) is 15.7. The summed E-state index contributed by atoms with van der Waals surface area (Å²) >= 11 is 3.50. The molecule has 0 radical (unpaired) electrons. The van der Waals surface area contributed by atoms with E-state index in [0.29, 0.717) is 51.1 Å². The van der Waals surface area contributed by atoms with Crippen LogP contribution in [0.4, 0.5) is 10.5 Å². The van der Waals surface area contributed by atoms with Crippen LogP contribution >= 0.6 is 15.9 Å². The van der Waals surface area contributed by atoms with E-state index in [2.05, 4.69) is 37.9 Å². The molecule has 2 aromatic rings. The van der Waals surface area contributed by atoms with Gasteiger partial charge in [-0.15, -0.1) is 0 Å².